The summed E-state index contributed by atoms with van der Waals surface area (Å²) in [4.78, 5) is 12.3. The van der Waals surface area contributed by atoms with E-state index in [4.69, 9.17) is 10.6 Å². The predicted molar refractivity (Wildman–Crippen MR) is 71.4 cm³/mol. The second-order valence-corrected chi connectivity index (χ2v) is 4.03. The third-order valence-electron chi connectivity index (χ3n) is 2.38. The number of nitrogen functional groups attached to an aromatic ring is 1. The second kappa shape index (κ2) is 7.65. The first kappa shape index (κ1) is 14.4. The molecule has 7 nitrogen and oxygen atoms in total. The summed E-state index contributed by atoms with van der Waals surface area (Å²) in [5.41, 5.74) is 2.40. The maximum Gasteiger partial charge on any atom is 0.323 e. The van der Waals surface area contributed by atoms with Gasteiger partial charge in [-0.3, -0.25) is 5.43 Å². The van der Waals surface area contributed by atoms with Crippen molar-refractivity contribution in [1.29, 1.82) is 0 Å². The summed E-state index contributed by atoms with van der Waals surface area (Å²) < 4.78 is 5.25. The van der Waals surface area contributed by atoms with Gasteiger partial charge >= 0.3 is 6.01 Å². The van der Waals surface area contributed by atoms with Gasteiger partial charge in [-0.25, -0.2) is 5.84 Å². The van der Waals surface area contributed by atoms with E-state index < -0.39 is 0 Å². The molecule has 0 aliphatic heterocycles. The van der Waals surface area contributed by atoms with Crippen LogP contribution in [-0.4, -0.2) is 27.6 Å². The van der Waals surface area contributed by atoms with Gasteiger partial charge in [0.25, 0.3) is 0 Å². The molecule has 0 fully saturated rings. The Kier molecular flexibility index (Phi) is 6.13. The van der Waals surface area contributed by atoms with Crippen molar-refractivity contribution in [1.82, 2.24) is 15.0 Å². The number of ether oxygens (including phenoxy) is 1. The number of hydrogen-bond donors (Lipinski definition) is 3. The van der Waals surface area contributed by atoms with Crippen LogP contribution in [0, 0.1) is 0 Å². The molecule has 1 rings (SSSR count). The van der Waals surface area contributed by atoms with Gasteiger partial charge in [-0.15, -0.1) is 0 Å². The molecule has 0 bridgehead atoms. The normalized spacial score (nSPS) is 12.0. The first-order chi connectivity index (χ1) is 8.69. The Hall–Kier alpha value is -1.63. The molecule has 1 atom stereocenters. The number of anilines is 2. The molecule has 1 aromatic heterocycles. The summed E-state index contributed by atoms with van der Waals surface area (Å²) in [6.45, 7) is 6.63. The van der Waals surface area contributed by atoms with Gasteiger partial charge in [0.2, 0.25) is 11.9 Å². The smallest absolute Gasteiger partial charge is 0.323 e. The molecule has 0 saturated carbocycles. The zero-order valence-corrected chi connectivity index (χ0v) is 11.2. The van der Waals surface area contributed by atoms with E-state index in [-0.39, 0.29) is 6.01 Å². The van der Waals surface area contributed by atoms with Crippen molar-refractivity contribution in [2.24, 2.45) is 5.84 Å². The molecule has 18 heavy (non-hydrogen) atoms. The molecule has 0 aromatic carbocycles. The third kappa shape index (κ3) is 4.70. The van der Waals surface area contributed by atoms with Crippen LogP contribution in [0.5, 0.6) is 6.01 Å². The quantitative estimate of drug-likeness (QED) is 0.478. The molecule has 0 aliphatic rings. The second-order valence-electron chi connectivity index (χ2n) is 4.03. The van der Waals surface area contributed by atoms with Gasteiger partial charge in [0.05, 0.1) is 6.61 Å². The number of nitrogens with zero attached hydrogens (tertiary/aromatic N) is 3. The fourth-order valence-electron chi connectivity index (χ4n) is 1.48. The standard InChI is InChI=1S/C11H22N6O/c1-4-6-7-8(3)13-9-14-10(17-12)16-11(15-9)18-5-2/h8H,4-7,12H2,1-3H3,(H2,13,14,15,16,17). The van der Waals surface area contributed by atoms with Crippen LogP contribution < -0.4 is 21.3 Å². The molecule has 0 radical (unpaired) electrons. The molecule has 1 heterocycles. The number of nitrogens with two attached hydrogens (primary N) is 1. The Balaban J connectivity index is 2.71. The SMILES string of the molecule is CCCCC(C)Nc1nc(NN)nc(OCC)n1. The lowest BCUT2D eigenvalue weighted by molar-refractivity contribution is 0.312. The zero-order valence-electron chi connectivity index (χ0n) is 11.2. The van der Waals surface area contributed by atoms with Crippen molar-refractivity contribution in [2.45, 2.75) is 46.1 Å². The average molecular weight is 254 g/mol. The lowest BCUT2D eigenvalue weighted by Crippen LogP contribution is -2.19. The number of hydrazine groups is 1. The van der Waals surface area contributed by atoms with Gasteiger partial charge in [0.1, 0.15) is 0 Å². The number of aromatic nitrogens is 3. The van der Waals surface area contributed by atoms with Crippen molar-refractivity contribution in [3.63, 3.8) is 0 Å². The van der Waals surface area contributed by atoms with Crippen LogP contribution in [-0.2, 0) is 0 Å². The highest BCUT2D eigenvalue weighted by molar-refractivity contribution is 5.35. The van der Waals surface area contributed by atoms with Gasteiger partial charge in [-0.2, -0.15) is 15.0 Å². The minimum absolute atomic E-state index is 0.269. The highest BCUT2D eigenvalue weighted by atomic mass is 16.5. The summed E-state index contributed by atoms with van der Waals surface area (Å²) in [5, 5.41) is 3.21. The van der Waals surface area contributed by atoms with Crippen LogP contribution in [0.3, 0.4) is 0 Å². The van der Waals surface area contributed by atoms with E-state index >= 15 is 0 Å². The van der Waals surface area contributed by atoms with E-state index in [1.807, 2.05) is 6.92 Å². The number of rotatable bonds is 8. The topological polar surface area (TPSA) is 98.0 Å². The Labute approximate surface area is 108 Å². The minimum Gasteiger partial charge on any atom is -0.464 e. The van der Waals surface area contributed by atoms with Gasteiger partial charge in [0.15, 0.2) is 0 Å². The Bertz CT molecular complexity index is 359. The first-order valence-corrected chi connectivity index (χ1v) is 6.31. The molecule has 7 heteroatoms. The lowest BCUT2D eigenvalue weighted by atomic mass is 10.1. The van der Waals surface area contributed by atoms with E-state index in [1.165, 1.54) is 12.8 Å². The van der Waals surface area contributed by atoms with Gasteiger partial charge in [0, 0.05) is 6.04 Å². The maximum atomic E-state index is 5.31. The Morgan fingerprint density at radius 2 is 1.94 bits per heavy atom. The average Bonchev–Trinajstić information content (AvgIpc) is 2.36. The molecule has 0 saturated heterocycles. The predicted octanol–water partition coefficient (Wildman–Crippen LogP) is 1.55. The number of unbranched alkanes of at least 4 members (excludes halogenated alkanes) is 1. The van der Waals surface area contributed by atoms with Crippen molar-refractivity contribution in [3.05, 3.63) is 0 Å². The molecule has 4 N–H and O–H groups in total. The monoisotopic (exact) mass is 254 g/mol. The summed E-state index contributed by atoms with van der Waals surface area (Å²) in [5.74, 6) is 6.08. The Morgan fingerprint density at radius 1 is 1.22 bits per heavy atom. The number of nitrogens with one attached hydrogen (secondary N) is 2. The van der Waals surface area contributed by atoms with Crippen LogP contribution in [0.2, 0.25) is 0 Å². The summed E-state index contributed by atoms with van der Waals surface area (Å²) in [6, 6.07) is 0.568. The first-order valence-electron chi connectivity index (χ1n) is 6.31. The van der Waals surface area contributed by atoms with E-state index in [0.717, 1.165) is 6.42 Å². The number of hydrogen-bond acceptors (Lipinski definition) is 7. The molecule has 0 spiro atoms. The molecule has 0 amide bonds. The van der Waals surface area contributed by atoms with Gasteiger partial charge in [-0.1, -0.05) is 19.8 Å². The van der Waals surface area contributed by atoms with Crippen molar-refractivity contribution in [2.75, 3.05) is 17.3 Å². The molecule has 1 aromatic rings. The molecule has 102 valence electrons. The Morgan fingerprint density at radius 3 is 2.56 bits per heavy atom. The summed E-state index contributed by atoms with van der Waals surface area (Å²) >= 11 is 0. The maximum absolute atomic E-state index is 5.31. The minimum atomic E-state index is 0.269. The van der Waals surface area contributed by atoms with E-state index in [0.29, 0.717) is 24.5 Å². The highest BCUT2D eigenvalue weighted by Crippen LogP contribution is 2.12. The molecular formula is C11H22N6O. The van der Waals surface area contributed by atoms with Crippen LogP contribution in [0.15, 0.2) is 0 Å². The van der Waals surface area contributed by atoms with Crippen molar-refractivity contribution in [3.8, 4) is 6.01 Å². The van der Waals surface area contributed by atoms with E-state index in [2.05, 4.69) is 39.5 Å². The van der Waals surface area contributed by atoms with Crippen LogP contribution in [0.4, 0.5) is 11.9 Å². The summed E-state index contributed by atoms with van der Waals surface area (Å²) in [6.07, 6.45) is 3.40. The zero-order chi connectivity index (χ0) is 13.4. The fraction of sp³-hybridized carbons (Fsp3) is 0.727. The third-order valence-corrected chi connectivity index (χ3v) is 2.38. The van der Waals surface area contributed by atoms with E-state index in [9.17, 15) is 0 Å². The van der Waals surface area contributed by atoms with Crippen LogP contribution in [0.25, 0.3) is 0 Å². The highest BCUT2D eigenvalue weighted by Gasteiger charge is 2.09. The van der Waals surface area contributed by atoms with Gasteiger partial charge in [-0.05, 0) is 20.3 Å². The molecule has 1 unspecified atom stereocenters. The van der Waals surface area contributed by atoms with Gasteiger partial charge < -0.3 is 10.1 Å². The van der Waals surface area contributed by atoms with Crippen LogP contribution >= 0.6 is 0 Å². The fourth-order valence-corrected chi connectivity index (χ4v) is 1.48. The van der Waals surface area contributed by atoms with Crippen molar-refractivity contribution >= 4 is 11.9 Å². The van der Waals surface area contributed by atoms with E-state index in [1.54, 1.807) is 0 Å². The van der Waals surface area contributed by atoms with Crippen molar-refractivity contribution < 1.29 is 4.74 Å². The lowest BCUT2D eigenvalue weighted by Gasteiger charge is -2.14. The molecule has 0 aliphatic carbocycles. The summed E-state index contributed by atoms with van der Waals surface area (Å²) in [7, 11) is 0. The molecular weight excluding hydrogens is 232 g/mol. The van der Waals surface area contributed by atoms with Crippen LogP contribution in [0.1, 0.15) is 40.0 Å². The largest absolute Gasteiger partial charge is 0.464 e.